The minimum Gasteiger partial charge on any atom is -0.480 e. The highest BCUT2D eigenvalue weighted by atomic mass is 35.5. The number of carboxylic acid groups (broad SMARTS) is 1. The second-order valence-electron chi connectivity index (χ2n) is 6.15. The number of benzene rings is 3. The van der Waals surface area contributed by atoms with Gasteiger partial charge in [0.05, 0.1) is 0 Å². The van der Waals surface area contributed by atoms with E-state index in [1.165, 1.54) is 11.8 Å². The average molecular weight is 407 g/mol. The summed E-state index contributed by atoms with van der Waals surface area (Å²) in [6.07, 6.45) is 0. The van der Waals surface area contributed by atoms with Gasteiger partial charge in [-0.2, -0.15) is 0 Å². The Morgan fingerprint density at radius 2 is 1.50 bits per heavy atom. The van der Waals surface area contributed by atoms with E-state index in [2.05, 4.69) is 10.2 Å². The predicted molar refractivity (Wildman–Crippen MR) is 113 cm³/mol. The Bertz CT molecular complexity index is 1130. The fraction of sp³-hybridized carbons (Fsp3) is 0.0455. The van der Waals surface area contributed by atoms with Gasteiger partial charge in [0.15, 0.2) is 0 Å². The smallest absolute Gasteiger partial charge is 0.321 e. The molecule has 1 unspecified atom stereocenters. The summed E-state index contributed by atoms with van der Waals surface area (Å²) in [4.78, 5) is 11.9. The maximum absolute atomic E-state index is 11.9. The Morgan fingerprint density at radius 3 is 2.18 bits per heavy atom. The molecule has 0 saturated heterocycles. The van der Waals surface area contributed by atoms with E-state index in [1.807, 2.05) is 78.9 Å². The van der Waals surface area contributed by atoms with Crippen molar-refractivity contribution < 1.29 is 9.90 Å². The summed E-state index contributed by atoms with van der Waals surface area (Å²) in [5.74, 6) is -0.913. The maximum atomic E-state index is 11.9. The highest BCUT2D eigenvalue weighted by Gasteiger charge is 2.23. The molecule has 3 aromatic carbocycles. The Labute approximate surface area is 171 Å². The van der Waals surface area contributed by atoms with E-state index >= 15 is 0 Å². The zero-order chi connectivity index (χ0) is 19.5. The second-order valence-corrected chi connectivity index (χ2v) is 7.68. The third-order valence-corrected chi connectivity index (χ3v) is 5.81. The third kappa shape index (κ3) is 3.72. The van der Waals surface area contributed by atoms with Crippen LogP contribution in [0.1, 0.15) is 10.8 Å². The second kappa shape index (κ2) is 8.00. The van der Waals surface area contributed by atoms with Crippen molar-refractivity contribution in [2.75, 3.05) is 0 Å². The van der Waals surface area contributed by atoms with E-state index in [0.29, 0.717) is 15.6 Å². The topological polar surface area (TPSA) is 63.1 Å². The first-order valence-corrected chi connectivity index (χ1v) is 9.85. The van der Waals surface area contributed by atoms with Crippen LogP contribution in [0.25, 0.3) is 22.0 Å². The Morgan fingerprint density at radius 1 is 0.857 bits per heavy atom. The first kappa shape index (κ1) is 18.5. The molecule has 0 aliphatic carbocycles. The lowest BCUT2D eigenvalue weighted by Gasteiger charge is -2.14. The summed E-state index contributed by atoms with van der Waals surface area (Å²) in [6.45, 7) is 0. The molecule has 0 radical (unpaired) electrons. The van der Waals surface area contributed by atoms with Crippen LogP contribution in [0.15, 0.2) is 83.9 Å². The summed E-state index contributed by atoms with van der Waals surface area (Å²) in [6, 6.07) is 24.3. The summed E-state index contributed by atoms with van der Waals surface area (Å²) in [7, 11) is 0. The average Bonchev–Trinajstić information content (AvgIpc) is 2.73. The largest absolute Gasteiger partial charge is 0.480 e. The monoisotopic (exact) mass is 406 g/mol. The minimum absolute atomic E-state index is 0.588. The molecule has 1 N–H and O–H groups in total. The number of aromatic nitrogens is 2. The summed E-state index contributed by atoms with van der Waals surface area (Å²) >= 11 is 7.18. The molecule has 0 bridgehead atoms. The van der Waals surface area contributed by atoms with Gasteiger partial charge in [-0.3, -0.25) is 4.79 Å². The van der Waals surface area contributed by atoms with Crippen molar-refractivity contribution in [2.24, 2.45) is 0 Å². The van der Waals surface area contributed by atoms with Crippen molar-refractivity contribution in [1.29, 1.82) is 0 Å². The quantitative estimate of drug-likeness (QED) is 0.420. The van der Waals surface area contributed by atoms with E-state index in [9.17, 15) is 9.90 Å². The van der Waals surface area contributed by atoms with Crippen LogP contribution in [0.5, 0.6) is 0 Å². The zero-order valence-electron chi connectivity index (χ0n) is 14.6. The fourth-order valence-electron chi connectivity index (χ4n) is 2.99. The molecular formula is C22H15ClN2O2S. The molecule has 0 saturated carbocycles. The number of nitrogens with zero attached hydrogens (tertiary/aromatic N) is 2. The van der Waals surface area contributed by atoms with E-state index in [0.717, 1.165) is 22.0 Å². The number of halogens is 1. The lowest BCUT2D eigenvalue weighted by molar-refractivity contribution is -0.136. The number of thioether (sulfide) groups is 1. The van der Waals surface area contributed by atoms with Crippen molar-refractivity contribution in [3.05, 3.63) is 89.4 Å². The number of fused-ring (bicyclic) bond motifs is 1. The summed E-state index contributed by atoms with van der Waals surface area (Å²) in [5.41, 5.74) is 2.36. The van der Waals surface area contributed by atoms with Crippen LogP contribution in [0, 0.1) is 0 Å². The third-order valence-electron chi connectivity index (χ3n) is 4.33. The first-order valence-electron chi connectivity index (χ1n) is 8.59. The van der Waals surface area contributed by atoms with E-state index < -0.39 is 11.2 Å². The van der Waals surface area contributed by atoms with Gasteiger partial charge in [-0.05, 0) is 17.7 Å². The molecule has 0 spiro atoms. The fourth-order valence-corrected chi connectivity index (χ4v) is 4.12. The van der Waals surface area contributed by atoms with Crippen molar-refractivity contribution in [3.63, 3.8) is 0 Å². The molecule has 4 rings (SSSR count). The van der Waals surface area contributed by atoms with Crippen LogP contribution in [0.4, 0.5) is 0 Å². The standard InChI is InChI=1S/C22H15ClN2O2S/c23-16-12-10-14(11-13-16)19-17-8-4-5-9-18(17)21(25-24-19)28-20(22(26)27)15-6-2-1-3-7-15/h1-13,20H,(H,26,27). The molecular weight excluding hydrogens is 392 g/mol. The summed E-state index contributed by atoms with van der Waals surface area (Å²) in [5, 5.41) is 20.8. The molecule has 0 fully saturated rings. The summed E-state index contributed by atoms with van der Waals surface area (Å²) < 4.78 is 0. The Kier molecular flexibility index (Phi) is 5.28. The lowest BCUT2D eigenvalue weighted by atomic mass is 10.1. The van der Waals surface area contributed by atoms with Gasteiger partial charge >= 0.3 is 5.97 Å². The number of carbonyl (C=O) groups is 1. The lowest BCUT2D eigenvalue weighted by Crippen LogP contribution is -2.08. The van der Waals surface area contributed by atoms with Crippen LogP contribution in [-0.2, 0) is 4.79 Å². The van der Waals surface area contributed by atoms with Gasteiger partial charge in [-0.25, -0.2) is 0 Å². The number of hydrogen-bond acceptors (Lipinski definition) is 4. The molecule has 4 nitrogen and oxygen atoms in total. The van der Waals surface area contributed by atoms with Gasteiger partial charge in [-0.1, -0.05) is 90.1 Å². The molecule has 0 aliphatic rings. The van der Waals surface area contributed by atoms with Crippen LogP contribution in [0.2, 0.25) is 5.02 Å². The van der Waals surface area contributed by atoms with Crippen molar-refractivity contribution in [3.8, 4) is 11.3 Å². The van der Waals surface area contributed by atoms with Crippen LogP contribution in [0.3, 0.4) is 0 Å². The van der Waals surface area contributed by atoms with Crippen LogP contribution >= 0.6 is 23.4 Å². The molecule has 138 valence electrons. The Hall–Kier alpha value is -2.89. The van der Waals surface area contributed by atoms with E-state index in [-0.39, 0.29) is 0 Å². The SMILES string of the molecule is O=C(O)C(Sc1nnc(-c2ccc(Cl)cc2)c2ccccc12)c1ccccc1. The Balaban J connectivity index is 1.79. The van der Waals surface area contributed by atoms with Crippen molar-refractivity contribution in [2.45, 2.75) is 10.3 Å². The van der Waals surface area contributed by atoms with Gasteiger partial charge in [0, 0.05) is 21.4 Å². The van der Waals surface area contributed by atoms with Crippen LogP contribution < -0.4 is 0 Å². The minimum atomic E-state index is -0.913. The van der Waals surface area contributed by atoms with E-state index in [4.69, 9.17) is 11.6 Å². The molecule has 28 heavy (non-hydrogen) atoms. The molecule has 0 aliphatic heterocycles. The molecule has 1 aromatic heterocycles. The number of aliphatic carboxylic acids is 1. The highest BCUT2D eigenvalue weighted by Crippen LogP contribution is 2.39. The number of carboxylic acids is 1. The van der Waals surface area contributed by atoms with Crippen LogP contribution in [-0.4, -0.2) is 21.3 Å². The molecule has 4 aromatic rings. The molecule has 0 amide bonds. The van der Waals surface area contributed by atoms with Gasteiger partial charge in [0.25, 0.3) is 0 Å². The van der Waals surface area contributed by atoms with Gasteiger partial charge in [-0.15, -0.1) is 10.2 Å². The number of rotatable bonds is 5. The van der Waals surface area contributed by atoms with Gasteiger partial charge in [0.1, 0.15) is 16.0 Å². The zero-order valence-corrected chi connectivity index (χ0v) is 16.2. The van der Waals surface area contributed by atoms with Gasteiger partial charge < -0.3 is 5.11 Å². The van der Waals surface area contributed by atoms with Gasteiger partial charge in [0.2, 0.25) is 0 Å². The number of hydrogen-bond donors (Lipinski definition) is 1. The molecule has 1 heterocycles. The predicted octanol–water partition coefficient (Wildman–Crippen LogP) is 5.87. The maximum Gasteiger partial charge on any atom is 0.321 e. The van der Waals surface area contributed by atoms with E-state index in [1.54, 1.807) is 0 Å². The highest BCUT2D eigenvalue weighted by molar-refractivity contribution is 8.00. The molecule has 1 atom stereocenters. The first-order chi connectivity index (χ1) is 13.6. The van der Waals surface area contributed by atoms with Crippen molar-refractivity contribution in [1.82, 2.24) is 10.2 Å². The van der Waals surface area contributed by atoms with Crippen molar-refractivity contribution >= 4 is 40.1 Å². The normalized spacial score (nSPS) is 12.0. The molecule has 6 heteroatoms.